The summed E-state index contributed by atoms with van der Waals surface area (Å²) in [5.74, 6) is 0.578. The Kier molecular flexibility index (Phi) is 9.56. The number of hydrogen-bond acceptors (Lipinski definition) is 2. The third-order valence-electron chi connectivity index (χ3n) is 12.7. The van der Waals surface area contributed by atoms with Crippen LogP contribution in [0.2, 0.25) is 0 Å². The Balaban J connectivity index is 1.19. The molecule has 0 saturated heterocycles. The van der Waals surface area contributed by atoms with Gasteiger partial charge in [-0.3, -0.25) is 0 Å². The van der Waals surface area contributed by atoms with E-state index in [1.165, 1.54) is 124 Å². The molecule has 1 saturated carbocycles. The van der Waals surface area contributed by atoms with E-state index in [0.29, 0.717) is 5.92 Å². The fourth-order valence-corrected chi connectivity index (χ4v) is 11.1. The van der Waals surface area contributed by atoms with Crippen molar-refractivity contribution in [3.05, 3.63) is 212 Å². The molecule has 1 aliphatic carbocycles. The van der Waals surface area contributed by atoms with E-state index in [-0.39, 0.29) is 0 Å². The van der Waals surface area contributed by atoms with Gasteiger partial charge in [0.25, 0.3) is 0 Å². The summed E-state index contributed by atoms with van der Waals surface area (Å²) in [5, 5.41) is 5.28. The van der Waals surface area contributed by atoms with Gasteiger partial charge in [0, 0.05) is 31.3 Å². The van der Waals surface area contributed by atoms with Gasteiger partial charge in [-0.25, -0.2) is 0 Å². The van der Waals surface area contributed by atoms with Crippen molar-refractivity contribution in [1.82, 2.24) is 0 Å². The van der Waals surface area contributed by atoms with Crippen LogP contribution in [-0.4, -0.2) is 0 Å². The quantitative estimate of drug-likeness (QED) is 0.148. The minimum absolute atomic E-state index is 0.578. The van der Waals surface area contributed by atoms with E-state index in [1.807, 2.05) is 11.3 Å². The normalized spacial score (nSPS) is 13.3. The van der Waals surface area contributed by atoms with Crippen LogP contribution in [0.15, 0.2) is 206 Å². The first-order valence-electron chi connectivity index (χ1n) is 21.5. The van der Waals surface area contributed by atoms with Crippen LogP contribution in [0.1, 0.15) is 43.6 Å². The van der Waals surface area contributed by atoms with Gasteiger partial charge >= 0.3 is 0 Å². The molecule has 60 heavy (non-hydrogen) atoms. The molecular formula is C58H45NS. The molecule has 1 aliphatic rings. The third-order valence-corrected chi connectivity index (χ3v) is 13.8. The highest BCUT2D eigenvalue weighted by Crippen LogP contribution is 2.52. The molecule has 2 heteroatoms. The van der Waals surface area contributed by atoms with E-state index < -0.39 is 0 Å². The third kappa shape index (κ3) is 6.40. The fraction of sp³-hybridized carbons (Fsp3) is 0.103. The molecule has 0 N–H and O–H groups in total. The zero-order valence-corrected chi connectivity index (χ0v) is 34.4. The molecule has 1 fully saturated rings. The molecule has 1 aromatic heterocycles. The van der Waals surface area contributed by atoms with Crippen LogP contribution in [0, 0.1) is 0 Å². The maximum Gasteiger partial charge on any atom is 0.0555 e. The van der Waals surface area contributed by atoms with Gasteiger partial charge in [-0.15, -0.1) is 11.3 Å². The lowest BCUT2D eigenvalue weighted by molar-refractivity contribution is 0.445. The van der Waals surface area contributed by atoms with Gasteiger partial charge in [0.05, 0.1) is 17.1 Å². The van der Waals surface area contributed by atoms with E-state index in [2.05, 4.69) is 211 Å². The number of para-hydroxylation sites is 2. The zero-order chi connectivity index (χ0) is 39.8. The average Bonchev–Trinajstić information content (AvgIpc) is 3.72. The van der Waals surface area contributed by atoms with Gasteiger partial charge in [-0.05, 0) is 98.8 Å². The van der Waals surface area contributed by atoms with Gasteiger partial charge < -0.3 is 4.90 Å². The first-order chi connectivity index (χ1) is 29.8. The van der Waals surface area contributed by atoms with Crippen LogP contribution in [0.25, 0.3) is 75.5 Å². The Hall–Kier alpha value is -6.74. The van der Waals surface area contributed by atoms with Crippen LogP contribution >= 0.6 is 11.3 Å². The standard InChI is InChI=1S/C58H45NS/c1-3-20-40(21-4-1)43-26-7-8-27-45(43)46-28-9-10-29-47(46)48-30-11-14-35-52(48)59(54-37-19-39-56-58(54)51-32-13-16-38-55(51)60-56)53-36-15-12-31-49(53)50-34-18-25-42-24-17-33-44(57(42)50)41-22-5-2-6-23-41/h1,3-4,7-21,24-39,41H,2,5-6,22-23H2. The maximum atomic E-state index is 2.58. The molecule has 11 rings (SSSR count). The minimum Gasteiger partial charge on any atom is -0.309 e. The van der Waals surface area contributed by atoms with E-state index >= 15 is 0 Å². The SMILES string of the molecule is c1ccc(-c2ccccc2-c2ccccc2-c2ccccc2N(c2ccccc2-c2cccc3cccc(C4CCCCC4)c23)c2cccc3sc4ccccc4c23)cc1. The van der Waals surface area contributed by atoms with E-state index in [0.717, 1.165) is 5.69 Å². The highest BCUT2D eigenvalue weighted by atomic mass is 32.1. The van der Waals surface area contributed by atoms with E-state index in [4.69, 9.17) is 0 Å². The number of anilines is 3. The summed E-state index contributed by atoms with van der Waals surface area (Å²) in [6.45, 7) is 0. The summed E-state index contributed by atoms with van der Waals surface area (Å²) < 4.78 is 2.59. The topological polar surface area (TPSA) is 3.24 Å². The lowest BCUT2D eigenvalue weighted by Crippen LogP contribution is -2.13. The summed E-state index contributed by atoms with van der Waals surface area (Å²) in [6.07, 6.45) is 6.47. The minimum atomic E-state index is 0.578. The summed E-state index contributed by atoms with van der Waals surface area (Å²) >= 11 is 1.88. The second-order valence-electron chi connectivity index (χ2n) is 16.2. The summed E-state index contributed by atoms with van der Waals surface area (Å²) in [4.78, 5) is 2.58. The predicted octanol–water partition coefficient (Wildman–Crippen LogP) is 17.4. The first-order valence-corrected chi connectivity index (χ1v) is 22.3. The summed E-state index contributed by atoms with van der Waals surface area (Å²) in [5.41, 5.74) is 14.8. The van der Waals surface area contributed by atoms with Gasteiger partial charge in [0.1, 0.15) is 0 Å². The van der Waals surface area contributed by atoms with Crippen molar-refractivity contribution in [1.29, 1.82) is 0 Å². The van der Waals surface area contributed by atoms with Crippen LogP contribution in [0.5, 0.6) is 0 Å². The molecule has 0 radical (unpaired) electrons. The van der Waals surface area contributed by atoms with Gasteiger partial charge in [-0.2, -0.15) is 0 Å². The smallest absolute Gasteiger partial charge is 0.0555 e. The Morgan fingerprint density at radius 1 is 0.350 bits per heavy atom. The largest absolute Gasteiger partial charge is 0.309 e. The first kappa shape index (κ1) is 36.3. The van der Waals surface area contributed by atoms with Crippen molar-refractivity contribution >= 4 is 59.3 Å². The molecule has 1 nitrogen and oxygen atoms in total. The average molecular weight is 788 g/mol. The molecule has 0 spiro atoms. The highest BCUT2D eigenvalue weighted by Gasteiger charge is 2.26. The van der Waals surface area contributed by atoms with Crippen molar-refractivity contribution in [2.75, 3.05) is 4.90 Å². The molecular weight excluding hydrogens is 743 g/mol. The van der Waals surface area contributed by atoms with Crippen LogP contribution in [0.4, 0.5) is 17.1 Å². The molecule has 9 aromatic carbocycles. The van der Waals surface area contributed by atoms with E-state index in [1.54, 1.807) is 0 Å². The molecule has 0 bridgehead atoms. The number of thiophene rings is 1. The van der Waals surface area contributed by atoms with Crippen LogP contribution in [0.3, 0.4) is 0 Å². The number of benzene rings is 9. The second-order valence-corrected chi connectivity index (χ2v) is 17.2. The molecule has 0 aliphatic heterocycles. The van der Waals surface area contributed by atoms with Gasteiger partial charge in [0.2, 0.25) is 0 Å². The fourth-order valence-electron chi connectivity index (χ4n) is 10.0. The number of hydrogen-bond donors (Lipinski definition) is 0. The van der Waals surface area contributed by atoms with Crippen LogP contribution in [-0.2, 0) is 0 Å². The summed E-state index contributed by atoms with van der Waals surface area (Å²) in [6, 6.07) is 76.5. The molecule has 288 valence electrons. The zero-order valence-electron chi connectivity index (χ0n) is 33.6. The molecule has 0 amide bonds. The molecule has 0 unspecified atom stereocenters. The monoisotopic (exact) mass is 787 g/mol. The Morgan fingerprint density at radius 3 is 1.58 bits per heavy atom. The predicted molar refractivity (Wildman–Crippen MR) is 259 cm³/mol. The Bertz CT molecular complexity index is 3140. The van der Waals surface area contributed by atoms with Crippen molar-refractivity contribution in [3.8, 4) is 44.5 Å². The lowest BCUT2D eigenvalue weighted by atomic mass is 9.80. The number of fused-ring (bicyclic) bond motifs is 4. The molecule has 1 heterocycles. The summed E-state index contributed by atoms with van der Waals surface area (Å²) in [7, 11) is 0. The lowest BCUT2D eigenvalue weighted by Gasteiger charge is -2.31. The molecule has 10 aromatic rings. The maximum absolute atomic E-state index is 2.58. The number of nitrogens with zero attached hydrogens (tertiary/aromatic N) is 1. The Morgan fingerprint density at radius 2 is 0.850 bits per heavy atom. The number of rotatable bonds is 8. The highest BCUT2D eigenvalue weighted by molar-refractivity contribution is 7.26. The van der Waals surface area contributed by atoms with Crippen molar-refractivity contribution < 1.29 is 0 Å². The van der Waals surface area contributed by atoms with Crippen molar-refractivity contribution in [2.24, 2.45) is 0 Å². The van der Waals surface area contributed by atoms with Crippen molar-refractivity contribution in [3.63, 3.8) is 0 Å². The van der Waals surface area contributed by atoms with Crippen molar-refractivity contribution in [2.45, 2.75) is 38.0 Å². The van der Waals surface area contributed by atoms with Gasteiger partial charge in [-0.1, -0.05) is 195 Å². The van der Waals surface area contributed by atoms with Crippen LogP contribution < -0.4 is 4.90 Å². The Labute approximate surface area is 356 Å². The van der Waals surface area contributed by atoms with E-state index in [9.17, 15) is 0 Å². The van der Waals surface area contributed by atoms with Gasteiger partial charge in [0.15, 0.2) is 0 Å². The molecule has 0 atom stereocenters. The second kappa shape index (κ2) is 15.8.